The molecule has 0 unspecified atom stereocenters. The predicted molar refractivity (Wildman–Crippen MR) is 490 cm³/mol. The van der Waals surface area contributed by atoms with Gasteiger partial charge >= 0.3 is 0 Å². The number of para-hydroxylation sites is 4. The number of furan rings is 4. The van der Waals surface area contributed by atoms with Crippen LogP contribution in [0.3, 0.4) is 0 Å². The molecule has 0 aliphatic heterocycles. The van der Waals surface area contributed by atoms with Crippen LogP contribution in [-0.4, -0.2) is 0 Å². The number of fused-ring (bicyclic) bond motifs is 22. The second-order valence-electron chi connectivity index (χ2n) is 30.9. The lowest BCUT2D eigenvalue weighted by Crippen LogP contribution is -1.93. The molecule has 536 valence electrons. The maximum atomic E-state index is 6.86. The summed E-state index contributed by atoms with van der Waals surface area (Å²) in [6, 6.07) is 141. The van der Waals surface area contributed by atoms with E-state index in [1.807, 2.05) is 0 Å². The SMILES string of the molecule is c1ccc2c(-c3c4cccc(-c5c6ccccc6cc6c5oc5ccccc56)c4cc4c(-c5c6ccccc6cc6c5oc5ccccc56)cccc34)cccc2c1.c1ccc2c(-c3c4cccc(-c5c6ccccc6cc6oc7ccccc7c56)c4cc4c(-c5c6ccccc6cc6oc7ccccc7c56)cccc34)cccc2c1. The van der Waals surface area contributed by atoms with Crippen molar-refractivity contribution in [3.8, 4) is 66.8 Å². The van der Waals surface area contributed by atoms with Crippen molar-refractivity contribution in [1.82, 2.24) is 0 Å². The Bertz CT molecular complexity index is 8310. The van der Waals surface area contributed by atoms with Gasteiger partial charge in [0.1, 0.15) is 44.7 Å². The number of rotatable bonds is 6. The Labute approximate surface area is 663 Å². The van der Waals surface area contributed by atoms with Crippen LogP contribution >= 0.6 is 0 Å². The van der Waals surface area contributed by atoms with Crippen molar-refractivity contribution in [2.24, 2.45) is 0 Å². The van der Waals surface area contributed by atoms with Crippen molar-refractivity contribution < 1.29 is 17.7 Å². The highest BCUT2D eigenvalue weighted by atomic mass is 16.3. The molecule has 4 heterocycles. The first-order chi connectivity index (χ1) is 57.6. The molecule has 0 N–H and O–H groups in total. The molecule has 0 aliphatic carbocycles. The number of benzene rings is 22. The fourth-order valence-corrected chi connectivity index (χ4v) is 19.9. The number of hydrogen-bond donors (Lipinski definition) is 0. The molecule has 0 aliphatic rings. The minimum Gasteiger partial charge on any atom is -0.456 e. The summed E-state index contributed by atoms with van der Waals surface area (Å²) < 4.78 is 27.0. The Kier molecular flexibility index (Phi) is 13.9. The largest absolute Gasteiger partial charge is 0.456 e. The second kappa shape index (κ2) is 25.1. The molecule has 116 heavy (non-hydrogen) atoms. The van der Waals surface area contributed by atoms with Crippen LogP contribution in [0.25, 0.3) is 262 Å². The maximum absolute atomic E-state index is 6.86. The van der Waals surface area contributed by atoms with E-state index in [-0.39, 0.29) is 0 Å². The normalized spacial score (nSPS) is 12.1. The maximum Gasteiger partial charge on any atom is 0.143 e. The predicted octanol–water partition coefficient (Wildman–Crippen LogP) is 32.5. The van der Waals surface area contributed by atoms with Crippen LogP contribution in [0.2, 0.25) is 0 Å². The van der Waals surface area contributed by atoms with Crippen molar-refractivity contribution >= 4 is 195 Å². The monoisotopic (exact) mass is 1470 g/mol. The first-order valence-corrected chi connectivity index (χ1v) is 39.8. The van der Waals surface area contributed by atoms with Crippen LogP contribution in [0.5, 0.6) is 0 Å². The minimum atomic E-state index is 0.893. The molecule has 0 saturated carbocycles. The Balaban J connectivity index is 0.000000130. The van der Waals surface area contributed by atoms with Gasteiger partial charge < -0.3 is 17.7 Å². The summed E-state index contributed by atoms with van der Waals surface area (Å²) in [5, 5.41) is 32.9. The molecule has 0 fully saturated rings. The van der Waals surface area contributed by atoms with Gasteiger partial charge in [-0.05, 0) is 213 Å². The van der Waals surface area contributed by atoms with E-state index in [2.05, 4.69) is 388 Å². The molecule has 0 saturated heterocycles. The van der Waals surface area contributed by atoms with E-state index in [1.165, 1.54) is 141 Å². The van der Waals surface area contributed by atoms with E-state index in [0.717, 1.165) is 121 Å². The van der Waals surface area contributed by atoms with Crippen molar-refractivity contribution in [3.63, 3.8) is 0 Å². The van der Waals surface area contributed by atoms with Crippen LogP contribution in [-0.2, 0) is 0 Å². The van der Waals surface area contributed by atoms with Gasteiger partial charge in [0.05, 0.1) is 0 Å². The van der Waals surface area contributed by atoms with E-state index >= 15 is 0 Å². The van der Waals surface area contributed by atoms with Crippen LogP contribution in [0.1, 0.15) is 0 Å². The Morgan fingerprint density at radius 2 is 0.362 bits per heavy atom. The molecule has 0 atom stereocenters. The van der Waals surface area contributed by atoms with E-state index in [4.69, 9.17) is 17.7 Å². The van der Waals surface area contributed by atoms with Crippen molar-refractivity contribution in [2.75, 3.05) is 0 Å². The van der Waals surface area contributed by atoms with Gasteiger partial charge in [0.2, 0.25) is 0 Å². The average molecular weight is 1470 g/mol. The quantitative estimate of drug-likeness (QED) is 0.156. The highest BCUT2D eigenvalue weighted by molar-refractivity contribution is 6.32. The summed E-state index contributed by atoms with van der Waals surface area (Å²) in [6.07, 6.45) is 0. The Hall–Kier alpha value is -15.4. The molecule has 0 radical (unpaired) electrons. The van der Waals surface area contributed by atoms with Gasteiger partial charge in [-0.15, -0.1) is 0 Å². The van der Waals surface area contributed by atoms with Crippen LogP contribution in [0.4, 0.5) is 0 Å². The van der Waals surface area contributed by atoms with Gasteiger partial charge in [-0.3, -0.25) is 0 Å². The molecule has 0 bridgehead atoms. The van der Waals surface area contributed by atoms with Crippen molar-refractivity contribution in [3.05, 3.63) is 388 Å². The summed E-state index contributed by atoms with van der Waals surface area (Å²) in [4.78, 5) is 0. The molecule has 4 aromatic heterocycles. The molecule has 0 spiro atoms. The zero-order valence-electron chi connectivity index (χ0n) is 62.6. The molecular formula is C112H64O4. The fraction of sp³-hybridized carbons (Fsp3) is 0. The van der Waals surface area contributed by atoms with Gasteiger partial charge in [-0.1, -0.05) is 328 Å². The number of hydrogen-bond acceptors (Lipinski definition) is 4. The first kappa shape index (κ1) is 64.3. The Morgan fingerprint density at radius 1 is 0.121 bits per heavy atom. The van der Waals surface area contributed by atoms with Crippen molar-refractivity contribution in [2.45, 2.75) is 0 Å². The highest BCUT2D eigenvalue weighted by Gasteiger charge is 2.28. The smallest absolute Gasteiger partial charge is 0.143 e. The van der Waals surface area contributed by atoms with Crippen LogP contribution in [0.15, 0.2) is 406 Å². The summed E-state index contributed by atoms with van der Waals surface area (Å²) in [7, 11) is 0. The van der Waals surface area contributed by atoms with Gasteiger partial charge in [0.15, 0.2) is 0 Å². The molecule has 22 aromatic carbocycles. The molecule has 0 amide bonds. The molecule has 4 nitrogen and oxygen atoms in total. The lowest BCUT2D eigenvalue weighted by atomic mass is 9.83. The van der Waals surface area contributed by atoms with Gasteiger partial charge in [0, 0.05) is 65.3 Å². The van der Waals surface area contributed by atoms with Gasteiger partial charge in [0.25, 0.3) is 0 Å². The summed E-state index contributed by atoms with van der Waals surface area (Å²) in [6.45, 7) is 0. The second-order valence-corrected chi connectivity index (χ2v) is 30.9. The first-order valence-electron chi connectivity index (χ1n) is 39.8. The van der Waals surface area contributed by atoms with Gasteiger partial charge in [-0.2, -0.15) is 0 Å². The molecule has 4 heteroatoms. The zero-order valence-corrected chi connectivity index (χ0v) is 62.6. The summed E-state index contributed by atoms with van der Waals surface area (Å²) in [5.74, 6) is 0. The third kappa shape index (κ3) is 9.50. The van der Waals surface area contributed by atoms with Gasteiger partial charge in [-0.25, -0.2) is 0 Å². The van der Waals surface area contributed by atoms with E-state index in [1.54, 1.807) is 0 Å². The molecule has 26 rings (SSSR count). The molecule has 26 aromatic rings. The standard InChI is InChI=1S/2C56H32O2/c1-4-18-36-33(14-1)17-11-23-39(36)52-40-24-12-26-42(53-37-19-5-2-15-34(37)30-50-55(53)44-21-7-9-28-48(44)57-50)46(40)32-47-41(52)25-13-27-43(47)54-38-20-6-3-16-35(38)31-51-56(54)45-22-8-10-29-49(45)58-51;1-4-18-36-33(14-1)17-11-23-41(36)52-42-24-12-26-44(53-37-19-5-2-15-34(37)30-48-39-21-7-9-28-50(39)57-55(48)53)46(42)32-47-43(52)25-13-27-45(47)54-38-20-6-3-16-35(38)31-49-40-22-8-10-29-51(40)58-56(49)54/h2*1-32H. The minimum absolute atomic E-state index is 0.893. The molecular weight excluding hydrogens is 1410 g/mol. The van der Waals surface area contributed by atoms with Crippen LogP contribution in [0, 0.1) is 0 Å². The highest BCUT2D eigenvalue weighted by Crippen LogP contribution is 2.54. The zero-order chi connectivity index (χ0) is 75.8. The van der Waals surface area contributed by atoms with E-state index in [9.17, 15) is 0 Å². The van der Waals surface area contributed by atoms with Crippen LogP contribution < -0.4 is 0 Å². The summed E-state index contributed by atoms with van der Waals surface area (Å²) in [5.41, 5.74) is 21.3. The topological polar surface area (TPSA) is 52.6 Å². The summed E-state index contributed by atoms with van der Waals surface area (Å²) >= 11 is 0. The van der Waals surface area contributed by atoms with E-state index in [0.29, 0.717) is 0 Å². The Morgan fingerprint density at radius 3 is 0.724 bits per heavy atom. The third-order valence-corrected chi connectivity index (χ3v) is 24.8. The fourth-order valence-electron chi connectivity index (χ4n) is 19.9. The average Bonchev–Trinajstić information content (AvgIpc) is 1.11. The van der Waals surface area contributed by atoms with E-state index < -0.39 is 0 Å². The third-order valence-electron chi connectivity index (χ3n) is 24.8. The lowest BCUT2D eigenvalue weighted by Gasteiger charge is -2.20. The van der Waals surface area contributed by atoms with Crippen molar-refractivity contribution in [1.29, 1.82) is 0 Å². The lowest BCUT2D eigenvalue weighted by molar-refractivity contribution is 0.669.